The van der Waals surface area contributed by atoms with E-state index in [1.165, 1.54) is 0 Å². The van der Waals surface area contributed by atoms with Crippen LogP contribution in [-0.2, 0) is 0 Å². The Morgan fingerprint density at radius 2 is 1.41 bits per heavy atom. The molecule has 3 N–H and O–H groups in total. The van der Waals surface area contributed by atoms with Crippen molar-refractivity contribution in [2.75, 3.05) is 10.6 Å². The first-order valence-electron chi connectivity index (χ1n) is 8.65. The Balaban J connectivity index is 1.63. The average Bonchev–Trinajstić information content (AvgIpc) is 2.71. The third-order valence-corrected chi connectivity index (χ3v) is 4.41. The maximum atomic E-state index is 12.6. The molecule has 0 bridgehead atoms. The number of carbonyl (C=O) groups excluding carboxylic acids is 1. The Morgan fingerprint density at radius 3 is 2.26 bits per heavy atom. The van der Waals surface area contributed by atoms with Crippen molar-refractivity contribution in [1.82, 2.24) is 0 Å². The Morgan fingerprint density at radius 1 is 0.704 bits per heavy atom. The zero-order valence-electron chi connectivity index (χ0n) is 14.5. The van der Waals surface area contributed by atoms with E-state index in [1.807, 2.05) is 84.9 Å². The monoisotopic (exact) mass is 354 g/mol. The highest BCUT2D eigenvalue weighted by atomic mass is 16.3. The van der Waals surface area contributed by atoms with E-state index in [-0.39, 0.29) is 5.75 Å². The van der Waals surface area contributed by atoms with Crippen LogP contribution in [0.15, 0.2) is 91.0 Å². The number of fused-ring (bicyclic) bond motifs is 1. The van der Waals surface area contributed by atoms with Gasteiger partial charge in [0.2, 0.25) is 0 Å². The molecule has 0 aromatic heterocycles. The van der Waals surface area contributed by atoms with Crippen LogP contribution in [0, 0.1) is 0 Å². The van der Waals surface area contributed by atoms with Crippen LogP contribution < -0.4 is 10.6 Å². The van der Waals surface area contributed by atoms with Gasteiger partial charge in [0.05, 0.1) is 11.4 Å². The molecular weight excluding hydrogens is 336 g/mol. The Labute approximate surface area is 157 Å². The van der Waals surface area contributed by atoms with Crippen LogP contribution in [0.25, 0.3) is 21.9 Å². The van der Waals surface area contributed by atoms with Gasteiger partial charge in [-0.1, -0.05) is 78.9 Å². The number of carbonyl (C=O) groups is 1. The van der Waals surface area contributed by atoms with Crippen molar-refractivity contribution >= 4 is 28.2 Å². The first-order chi connectivity index (χ1) is 13.2. The number of nitrogens with one attached hydrogen (secondary N) is 2. The minimum absolute atomic E-state index is 0.0280. The zero-order chi connectivity index (χ0) is 18.6. The molecule has 0 spiro atoms. The van der Waals surface area contributed by atoms with E-state index in [9.17, 15) is 9.90 Å². The predicted octanol–water partition coefficient (Wildman–Crippen LogP) is 5.86. The fourth-order valence-corrected chi connectivity index (χ4v) is 3.12. The molecule has 0 radical (unpaired) electrons. The number of urea groups is 1. The predicted molar refractivity (Wildman–Crippen MR) is 110 cm³/mol. The lowest BCUT2D eigenvalue weighted by Crippen LogP contribution is -2.20. The van der Waals surface area contributed by atoms with E-state index in [1.54, 1.807) is 6.07 Å². The molecule has 4 rings (SSSR count). The van der Waals surface area contributed by atoms with E-state index in [4.69, 9.17) is 0 Å². The Kier molecular flexibility index (Phi) is 4.45. The summed E-state index contributed by atoms with van der Waals surface area (Å²) in [6, 6.07) is 28.0. The zero-order valence-corrected chi connectivity index (χ0v) is 14.5. The van der Waals surface area contributed by atoms with Crippen LogP contribution in [-0.4, -0.2) is 11.1 Å². The maximum Gasteiger partial charge on any atom is 0.323 e. The summed E-state index contributed by atoms with van der Waals surface area (Å²) in [6.45, 7) is 0. The van der Waals surface area contributed by atoms with E-state index >= 15 is 0 Å². The number of rotatable bonds is 3. The molecule has 0 aliphatic heterocycles. The highest BCUT2D eigenvalue weighted by molar-refractivity contribution is 6.09. The summed E-state index contributed by atoms with van der Waals surface area (Å²) < 4.78 is 0. The molecule has 0 unspecified atom stereocenters. The van der Waals surface area contributed by atoms with Gasteiger partial charge in [0.25, 0.3) is 0 Å². The fraction of sp³-hybridized carbons (Fsp3) is 0. The number of anilines is 2. The smallest absolute Gasteiger partial charge is 0.323 e. The van der Waals surface area contributed by atoms with Crippen molar-refractivity contribution in [1.29, 1.82) is 0 Å². The highest BCUT2D eigenvalue weighted by Crippen LogP contribution is 2.33. The number of amides is 2. The second kappa shape index (κ2) is 7.22. The van der Waals surface area contributed by atoms with Crippen molar-refractivity contribution in [3.05, 3.63) is 91.0 Å². The van der Waals surface area contributed by atoms with E-state index in [2.05, 4.69) is 10.6 Å². The minimum Gasteiger partial charge on any atom is -0.506 e. The average molecular weight is 354 g/mol. The highest BCUT2D eigenvalue weighted by Gasteiger charge is 2.12. The molecule has 0 heterocycles. The summed E-state index contributed by atoms with van der Waals surface area (Å²) in [6.07, 6.45) is 0. The van der Waals surface area contributed by atoms with Gasteiger partial charge >= 0.3 is 6.03 Å². The lowest BCUT2D eigenvalue weighted by atomic mass is 10.0. The molecule has 0 aliphatic rings. The molecule has 0 fully saturated rings. The number of phenolic OH excluding ortho intramolecular Hbond substituents is 1. The van der Waals surface area contributed by atoms with Gasteiger partial charge in [0.1, 0.15) is 5.75 Å². The van der Waals surface area contributed by atoms with Crippen LogP contribution in [0.4, 0.5) is 16.2 Å². The SMILES string of the molecule is O=C(Nc1ccccc1-c1ccccc1)Nc1c(O)ccc2ccccc12. The van der Waals surface area contributed by atoms with Crippen LogP contribution in [0.5, 0.6) is 5.75 Å². The van der Waals surface area contributed by atoms with E-state index in [0.717, 1.165) is 21.9 Å². The van der Waals surface area contributed by atoms with Crippen molar-refractivity contribution in [3.63, 3.8) is 0 Å². The van der Waals surface area contributed by atoms with Gasteiger partial charge in [-0.15, -0.1) is 0 Å². The van der Waals surface area contributed by atoms with Gasteiger partial charge in [-0.05, 0) is 23.1 Å². The molecule has 4 aromatic carbocycles. The summed E-state index contributed by atoms with van der Waals surface area (Å²) >= 11 is 0. The standard InChI is InChI=1S/C23H18N2O2/c26-21-15-14-17-10-4-5-12-19(17)22(21)25-23(27)24-20-13-7-6-11-18(20)16-8-2-1-3-9-16/h1-15,26H,(H2,24,25,27). The van der Waals surface area contributed by atoms with Gasteiger partial charge in [-0.3, -0.25) is 0 Å². The molecule has 0 saturated carbocycles. The molecular formula is C23H18N2O2. The van der Waals surface area contributed by atoms with Gasteiger partial charge in [0.15, 0.2) is 0 Å². The summed E-state index contributed by atoms with van der Waals surface area (Å²) in [5.41, 5.74) is 3.03. The molecule has 0 atom stereocenters. The lowest BCUT2D eigenvalue weighted by Gasteiger charge is -2.14. The third kappa shape index (κ3) is 3.46. The topological polar surface area (TPSA) is 61.4 Å². The van der Waals surface area contributed by atoms with Gasteiger partial charge < -0.3 is 15.7 Å². The molecule has 2 amide bonds. The van der Waals surface area contributed by atoms with Crippen LogP contribution in [0.2, 0.25) is 0 Å². The molecule has 4 heteroatoms. The molecule has 0 saturated heterocycles. The number of hydrogen-bond donors (Lipinski definition) is 3. The molecule has 132 valence electrons. The summed E-state index contributed by atoms with van der Waals surface area (Å²) in [5, 5.41) is 17.6. The molecule has 4 aromatic rings. The number of hydrogen-bond acceptors (Lipinski definition) is 2. The number of benzene rings is 4. The molecule has 4 nitrogen and oxygen atoms in total. The van der Waals surface area contributed by atoms with Crippen molar-refractivity contribution in [2.24, 2.45) is 0 Å². The largest absolute Gasteiger partial charge is 0.506 e. The Bertz CT molecular complexity index is 1110. The molecule has 0 aliphatic carbocycles. The van der Waals surface area contributed by atoms with Crippen LogP contribution in [0.1, 0.15) is 0 Å². The quantitative estimate of drug-likeness (QED) is 0.404. The second-order valence-corrected chi connectivity index (χ2v) is 6.17. The summed E-state index contributed by atoms with van der Waals surface area (Å²) in [4.78, 5) is 12.6. The lowest BCUT2D eigenvalue weighted by molar-refractivity contribution is 0.262. The maximum absolute atomic E-state index is 12.6. The summed E-state index contributed by atoms with van der Waals surface area (Å²) in [5.74, 6) is 0.0280. The second-order valence-electron chi connectivity index (χ2n) is 6.17. The normalized spacial score (nSPS) is 10.5. The molecule has 27 heavy (non-hydrogen) atoms. The minimum atomic E-state index is -0.412. The Hall–Kier alpha value is -3.79. The van der Waals surface area contributed by atoms with Crippen LogP contribution in [0.3, 0.4) is 0 Å². The first kappa shape index (κ1) is 16.7. The number of phenols is 1. The summed E-state index contributed by atoms with van der Waals surface area (Å²) in [7, 11) is 0. The third-order valence-electron chi connectivity index (χ3n) is 4.41. The van der Waals surface area contributed by atoms with Crippen LogP contribution >= 0.6 is 0 Å². The van der Waals surface area contributed by atoms with Gasteiger partial charge in [0, 0.05) is 10.9 Å². The fourth-order valence-electron chi connectivity index (χ4n) is 3.12. The number of para-hydroxylation sites is 1. The van der Waals surface area contributed by atoms with Gasteiger partial charge in [-0.2, -0.15) is 0 Å². The van der Waals surface area contributed by atoms with Crippen molar-refractivity contribution < 1.29 is 9.90 Å². The number of aromatic hydroxyl groups is 1. The van der Waals surface area contributed by atoms with Crippen molar-refractivity contribution in [3.8, 4) is 16.9 Å². The van der Waals surface area contributed by atoms with E-state index in [0.29, 0.717) is 11.4 Å². The van der Waals surface area contributed by atoms with Crippen molar-refractivity contribution in [2.45, 2.75) is 0 Å². The first-order valence-corrected chi connectivity index (χ1v) is 8.65. The van der Waals surface area contributed by atoms with Gasteiger partial charge in [-0.25, -0.2) is 4.79 Å². The van der Waals surface area contributed by atoms with E-state index < -0.39 is 6.03 Å².